The van der Waals surface area contributed by atoms with Gasteiger partial charge in [-0.3, -0.25) is 4.79 Å². The van der Waals surface area contributed by atoms with Gasteiger partial charge in [0.2, 0.25) is 5.91 Å². The summed E-state index contributed by atoms with van der Waals surface area (Å²) in [7, 11) is 0. The van der Waals surface area contributed by atoms with Gasteiger partial charge in [-0.2, -0.15) is 0 Å². The van der Waals surface area contributed by atoms with E-state index < -0.39 is 0 Å². The third-order valence-electron chi connectivity index (χ3n) is 4.42. The minimum absolute atomic E-state index is 0.0702. The van der Waals surface area contributed by atoms with E-state index >= 15 is 0 Å². The van der Waals surface area contributed by atoms with Gasteiger partial charge in [0, 0.05) is 17.5 Å². The highest BCUT2D eigenvalue weighted by atomic mass is 32.1. The molecule has 0 saturated carbocycles. The molecule has 1 atom stereocenters. The molecule has 0 aliphatic carbocycles. The Bertz CT molecular complexity index is 754. The number of carbonyl (C=O) groups excluding carboxylic acids is 1. The number of benzene rings is 1. The molecular formula is C19H19NO3S. The smallest absolute Gasteiger partial charge is 0.247 e. The zero-order valence-electron chi connectivity index (χ0n) is 13.3. The lowest BCUT2D eigenvalue weighted by atomic mass is 10.0. The summed E-state index contributed by atoms with van der Waals surface area (Å²) >= 11 is 1.63. The van der Waals surface area contributed by atoms with Crippen molar-refractivity contribution in [2.45, 2.75) is 18.9 Å². The van der Waals surface area contributed by atoms with Crippen LogP contribution in [0.4, 0.5) is 0 Å². The van der Waals surface area contributed by atoms with E-state index in [1.807, 2.05) is 46.7 Å². The van der Waals surface area contributed by atoms with Gasteiger partial charge in [-0.1, -0.05) is 12.1 Å². The molecule has 0 unspecified atom stereocenters. The minimum atomic E-state index is 0.0702. The van der Waals surface area contributed by atoms with Crippen molar-refractivity contribution in [2.75, 3.05) is 19.8 Å². The van der Waals surface area contributed by atoms with Crippen molar-refractivity contribution in [3.8, 4) is 11.5 Å². The van der Waals surface area contributed by atoms with Crippen LogP contribution in [-0.2, 0) is 4.79 Å². The number of hydrogen-bond acceptors (Lipinski definition) is 4. The van der Waals surface area contributed by atoms with E-state index in [1.165, 1.54) is 0 Å². The van der Waals surface area contributed by atoms with Crippen LogP contribution in [-0.4, -0.2) is 30.6 Å². The first-order valence-corrected chi connectivity index (χ1v) is 9.11. The topological polar surface area (TPSA) is 38.8 Å². The van der Waals surface area contributed by atoms with Crippen molar-refractivity contribution in [3.63, 3.8) is 0 Å². The summed E-state index contributed by atoms with van der Waals surface area (Å²) in [5, 5.41) is 2.01. The van der Waals surface area contributed by atoms with Gasteiger partial charge >= 0.3 is 0 Å². The molecule has 2 aliphatic rings. The molecule has 1 amide bonds. The number of carbonyl (C=O) groups is 1. The summed E-state index contributed by atoms with van der Waals surface area (Å²) in [5.74, 6) is 1.64. The van der Waals surface area contributed by atoms with E-state index in [1.54, 1.807) is 17.4 Å². The molecule has 1 aromatic carbocycles. The SMILES string of the molecule is O=C(/C=C/c1cccs1)N1CCC[C@H]1c1ccc2c(c1)OCCO2. The standard InChI is InChI=1S/C19H19NO3S/c21-19(8-6-15-3-2-12-24-15)20-9-1-4-16(20)14-5-7-17-18(13-14)23-11-10-22-17/h2-3,5-8,12-13,16H,1,4,9-11H2/b8-6+/t16-/m0/s1. The highest BCUT2D eigenvalue weighted by molar-refractivity contribution is 7.10. The predicted molar refractivity (Wildman–Crippen MR) is 94.5 cm³/mol. The first-order chi connectivity index (χ1) is 11.8. The van der Waals surface area contributed by atoms with Crippen molar-refractivity contribution in [2.24, 2.45) is 0 Å². The van der Waals surface area contributed by atoms with Crippen LogP contribution in [0.2, 0.25) is 0 Å². The van der Waals surface area contributed by atoms with Crippen LogP contribution in [0.25, 0.3) is 6.08 Å². The van der Waals surface area contributed by atoms with E-state index in [-0.39, 0.29) is 11.9 Å². The molecule has 3 heterocycles. The second-order valence-electron chi connectivity index (χ2n) is 5.94. The fourth-order valence-corrected chi connectivity index (χ4v) is 3.90. The molecule has 1 saturated heterocycles. The van der Waals surface area contributed by atoms with Gasteiger partial charge in [0.15, 0.2) is 11.5 Å². The maximum Gasteiger partial charge on any atom is 0.247 e. The zero-order chi connectivity index (χ0) is 16.4. The Morgan fingerprint density at radius 1 is 1.21 bits per heavy atom. The number of rotatable bonds is 3. The maximum absolute atomic E-state index is 12.6. The first-order valence-electron chi connectivity index (χ1n) is 8.23. The first kappa shape index (κ1) is 15.3. The van der Waals surface area contributed by atoms with Crippen LogP contribution >= 0.6 is 11.3 Å². The van der Waals surface area contributed by atoms with Crippen LogP contribution in [0.3, 0.4) is 0 Å². The van der Waals surface area contributed by atoms with Crippen LogP contribution in [0.1, 0.15) is 29.3 Å². The molecule has 2 aromatic rings. The van der Waals surface area contributed by atoms with Gasteiger partial charge < -0.3 is 14.4 Å². The van der Waals surface area contributed by atoms with Crippen LogP contribution < -0.4 is 9.47 Å². The minimum Gasteiger partial charge on any atom is -0.486 e. The summed E-state index contributed by atoms with van der Waals surface area (Å²) in [6, 6.07) is 10.1. The molecule has 124 valence electrons. The lowest BCUT2D eigenvalue weighted by molar-refractivity contribution is -0.126. The molecule has 1 aromatic heterocycles. The van der Waals surface area contributed by atoms with Gasteiger partial charge in [-0.25, -0.2) is 0 Å². The molecule has 1 fully saturated rings. The molecule has 0 spiro atoms. The quantitative estimate of drug-likeness (QED) is 0.795. The fraction of sp³-hybridized carbons (Fsp3) is 0.316. The Morgan fingerprint density at radius 3 is 2.92 bits per heavy atom. The predicted octanol–water partition coefficient (Wildman–Crippen LogP) is 3.90. The Balaban J connectivity index is 1.53. The van der Waals surface area contributed by atoms with Gasteiger partial charge in [0.25, 0.3) is 0 Å². The largest absolute Gasteiger partial charge is 0.486 e. The summed E-state index contributed by atoms with van der Waals surface area (Å²) < 4.78 is 11.3. The molecule has 5 heteroatoms. The third kappa shape index (κ3) is 3.04. The van der Waals surface area contributed by atoms with Crippen molar-refractivity contribution in [1.29, 1.82) is 0 Å². The Kier molecular flexibility index (Phi) is 4.26. The number of hydrogen-bond donors (Lipinski definition) is 0. The van der Waals surface area contributed by atoms with E-state index in [0.29, 0.717) is 13.2 Å². The van der Waals surface area contributed by atoms with E-state index in [0.717, 1.165) is 41.3 Å². The number of amides is 1. The number of likely N-dealkylation sites (tertiary alicyclic amines) is 1. The van der Waals surface area contributed by atoms with E-state index in [2.05, 4.69) is 0 Å². The molecule has 0 N–H and O–H groups in total. The second-order valence-corrected chi connectivity index (χ2v) is 6.92. The molecule has 0 bridgehead atoms. The third-order valence-corrected chi connectivity index (χ3v) is 5.26. The molecular weight excluding hydrogens is 322 g/mol. The van der Waals surface area contributed by atoms with Crippen LogP contribution in [0.5, 0.6) is 11.5 Å². The molecule has 4 nitrogen and oxygen atoms in total. The highest BCUT2D eigenvalue weighted by Gasteiger charge is 2.29. The number of nitrogens with zero attached hydrogens (tertiary/aromatic N) is 1. The Morgan fingerprint density at radius 2 is 2.08 bits per heavy atom. The highest BCUT2D eigenvalue weighted by Crippen LogP contribution is 2.38. The number of fused-ring (bicyclic) bond motifs is 1. The van der Waals surface area contributed by atoms with E-state index in [4.69, 9.17) is 9.47 Å². The second kappa shape index (κ2) is 6.69. The van der Waals surface area contributed by atoms with Crippen molar-refractivity contribution >= 4 is 23.3 Å². The average molecular weight is 341 g/mol. The van der Waals surface area contributed by atoms with Crippen LogP contribution in [0, 0.1) is 0 Å². The Hall–Kier alpha value is -2.27. The van der Waals surface area contributed by atoms with Crippen molar-refractivity contribution in [3.05, 3.63) is 52.2 Å². The zero-order valence-corrected chi connectivity index (χ0v) is 14.1. The lowest BCUT2D eigenvalue weighted by Gasteiger charge is -2.26. The summed E-state index contributed by atoms with van der Waals surface area (Å²) in [4.78, 5) is 15.7. The van der Waals surface area contributed by atoms with Gasteiger partial charge in [-0.05, 0) is 48.1 Å². The van der Waals surface area contributed by atoms with E-state index in [9.17, 15) is 4.79 Å². The monoisotopic (exact) mass is 341 g/mol. The normalized spacial score (nSPS) is 19.8. The lowest BCUT2D eigenvalue weighted by Crippen LogP contribution is -2.29. The maximum atomic E-state index is 12.6. The molecule has 2 aliphatic heterocycles. The molecule has 4 rings (SSSR count). The molecule has 0 radical (unpaired) electrons. The summed E-state index contributed by atoms with van der Waals surface area (Å²) in [5.41, 5.74) is 1.12. The van der Waals surface area contributed by atoms with Gasteiger partial charge in [0.1, 0.15) is 13.2 Å². The average Bonchev–Trinajstić information content (AvgIpc) is 3.31. The summed E-state index contributed by atoms with van der Waals surface area (Å²) in [6.45, 7) is 1.97. The van der Waals surface area contributed by atoms with Gasteiger partial charge in [0.05, 0.1) is 6.04 Å². The summed E-state index contributed by atoms with van der Waals surface area (Å²) in [6.07, 6.45) is 5.59. The van der Waals surface area contributed by atoms with Crippen LogP contribution in [0.15, 0.2) is 41.8 Å². The van der Waals surface area contributed by atoms with Crippen molar-refractivity contribution in [1.82, 2.24) is 4.90 Å². The fourth-order valence-electron chi connectivity index (χ4n) is 3.28. The molecule has 24 heavy (non-hydrogen) atoms. The van der Waals surface area contributed by atoms with Crippen molar-refractivity contribution < 1.29 is 14.3 Å². The Labute approximate surface area is 145 Å². The van der Waals surface area contributed by atoms with Gasteiger partial charge in [-0.15, -0.1) is 11.3 Å². The number of ether oxygens (including phenoxy) is 2. The number of thiophene rings is 1.